The Kier molecular flexibility index (Phi) is 4.55. The van der Waals surface area contributed by atoms with Crippen LogP contribution in [0, 0.1) is 0 Å². The van der Waals surface area contributed by atoms with Crippen molar-refractivity contribution in [3.05, 3.63) is 133 Å². The number of para-hydroxylation sites is 2. The summed E-state index contributed by atoms with van der Waals surface area (Å²) in [6.07, 6.45) is 0. The molecule has 2 aromatic heterocycles. The second-order valence-electron chi connectivity index (χ2n) is 9.82. The number of hydrogen-bond acceptors (Lipinski definition) is 2. The summed E-state index contributed by atoms with van der Waals surface area (Å²) in [6.45, 7) is 0. The van der Waals surface area contributed by atoms with Gasteiger partial charge in [0.25, 0.3) is 0 Å². The van der Waals surface area contributed by atoms with Gasteiger partial charge in [-0.15, -0.1) is 0 Å². The molecule has 0 fully saturated rings. The van der Waals surface area contributed by atoms with E-state index < -0.39 is 0 Å². The molecule has 0 aliphatic heterocycles. The first-order valence-electron chi connectivity index (χ1n) is 12.9. The van der Waals surface area contributed by atoms with Crippen LogP contribution >= 0.6 is 0 Å². The van der Waals surface area contributed by atoms with Gasteiger partial charge in [-0.3, -0.25) is 0 Å². The van der Waals surface area contributed by atoms with Crippen LogP contribution in [-0.4, -0.2) is 9.97 Å². The SMILES string of the molecule is c1ccc2nc(-c3cc4cc(-c5ccc6ccccc6n5)c5ccccc5c4c4ccccc34)ccc2c1. The molecule has 0 radical (unpaired) electrons. The maximum Gasteiger partial charge on any atom is 0.0716 e. The van der Waals surface area contributed by atoms with Gasteiger partial charge in [0.05, 0.1) is 22.4 Å². The molecular formula is C36H22N2. The van der Waals surface area contributed by atoms with E-state index in [2.05, 4.69) is 121 Å². The second-order valence-corrected chi connectivity index (χ2v) is 9.82. The average Bonchev–Trinajstić information content (AvgIpc) is 2.99. The lowest BCUT2D eigenvalue weighted by molar-refractivity contribution is 1.41. The lowest BCUT2D eigenvalue weighted by Gasteiger charge is -2.16. The molecule has 38 heavy (non-hydrogen) atoms. The van der Waals surface area contributed by atoms with Crippen molar-refractivity contribution >= 4 is 54.1 Å². The molecule has 8 aromatic rings. The third kappa shape index (κ3) is 3.21. The first kappa shape index (κ1) is 21.0. The van der Waals surface area contributed by atoms with E-state index in [0.29, 0.717) is 0 Å². The quantitative estimate of drug-likeness (QED) is 0.229. The molecule has 0 amide bonds. The summed E-state index contributed by atoms with van der Waals surface area (Å²) in [7, 11) is 0. The van der Waals surface area contributed by atoms with Crippen molar-refractivity contribution in [2.24, 2.45) is 0 Å². The van der Waals surface area contributed by atoms with Gasteiger partial charge >= 0.3 is 0 Å². The fourth-order valence-electron chi connectivity index (χ4n) is 5.84. The summed E-state index contributed by atoms with van der Waals surface area (Å²) in [5, 5.41) is 9.67. The van der Waals surface area contributed by atoms with Crippen molar-refractivity contribution in [1.82, 2.24) is 9.97 Å². The summed E-state index contributed by atoms with van der Waals surface area (Å²) >= 11 is 0. The van der Waals surface area contributed by atoms with Crippen LogP contribution in [0.25, 0.3) is 76.6 Å². The second kappa shape index (κ2) is 8.22. The van der Waals surface area contributed by atoms with E-state index in [4.69, 9.17) is 9.97 Å². The number of nitrogens with zero attached hydrogens (tertiary/aromatic N) is 2. The third-order valence-electron chi connectivity index (χ3n) is 7.61. The van der Waals surface area contributed by atoms with Gasteiger partial charge in [-0.25, -0.2) is 9.97 Å². The summed E-state index contributed by atoms with van der Waals surface area (Å²) in [4.78, 5) is 10.1. The van der Waals surface area contributed by atoms with Crippen LogP contribution in [0.15, 0.2) is 133 Å². The van der Waals surface area contributed by atoms with Gasteiger partial charge in [-0.05, 0) is 68.7 Å². The normalized spacial score (nSPS) is 11.7. The van der Waals surface area contributed by atoms with Crippen molar-refractivity contribution in [3.8, 4) is 22.5 Å². The zero-order valence-electron chi connectivity index (χ0n) is 20.6. The van der Waals surface area contributed by atoms with Crippen LogP contribution in [-0.2, 0) is 0 Å². The third-order valence-corrected chi connectivity index (χ3v) is 7.61. The summed E-state index contributed by atoms with van der Waals surface area (Å²) in [6, 6.07) is 47.3. The molecule has 0 saturated heterocycles. The fraction of sp³-hybridized carbons (Fsp3) is 0. The average molecular weight is 483 g/mol. The highest BCUT2D eigenvalue weighted by Crippen LogP contribution is 2.41. The number of hydrogen-bond donors (Lipinski definition) is 0. The predicted molar refractivity (Wildman–Crippen MR) is 160 cm³/mol. The molecule has 0 aliphatic carbocycles. The highest BCUT2D eigenvalue weighted by molar-refractivity contribution is 6.25. The zero-order chi connectivity index (χ0) is 25.1. The van der Waals surface area contributed by atoms with Gasteiger partial charge in [-0.1, -0.05) is 97.1 Å². The van der Waals surface area contributed by atoms with Gasteiger partial charge in [0, 0.05) is 21.9 Å². The molecule has 0 atom stereocenters. The van der Waals surface area contributed by atoms with E-state index in [-0.39, 0.29) is 0 Å². The molecule has 0 saturated carbocycles. The molecule has 2 nitrogen and oxygen atoms in total. The molecule has 2 heterocycles. The predicted octanol–water partition coefficient (Wildman–Crippen LogP) is 9.58. The van der Waals surface area contributed by atoms with Crippen LogP contribution in [0.1, 0.15) is 0 Å². The number of fused-ring (bicyclic) bond motifs is 7. The van der Waals surface area contributed by atoms with Crippen molar-refractivity contribution in [2.75, 3.05) is 0 Å². The van der Waals surface area contributed by atoms with E-state index >= 15 is 0 Å². The van der Waals surface area contributed by atoms with Gasteiger partial charge in [0.1, 0.15) is 0 Å². The lowest BCUT2D eigenvalue weighted by atomic mass is 9.89. The number of aromatic nitrogens is 2. The van der Waals surface area contributed by atoms with Gasteiger partial charge in [0.2, 0.25) is 0 Å². The molecule has 0 spiro atoms. The Morgan fingerprint density at radius 1 is 0.342 bits per heavy atom. The minimum atomic E-state index is 0.986. The van der Waals surface area contributed by atoms with Crippen molar-refractivity contribution < 1.29 is 0 Å². The Morgan fingerprint density at radius 3 is 1.26 bits per heavy atom. The van der Waals surface area contributed by atoms with Gasteiger partial charge in [-0.2, -0.15) is 0 Å². The molecule has 6 aromatic carbocycles. The largest absolute Gasteiger partial charge is 0.248 e. The maximum absolute atomic E-state index is 5.07. The Morgan fingerprint density at radius 2 is 0.763 bits per heavy atom. The molecule has 176 valence electrons. The molecule has 8 rings (SSSR count). The Hall–Kier alpha value is -5.08. The van der Waals surface area contributed by atoms with Crippen LogP contribution < -0.4 is 0 Å². The molecular weight excluding hydrogens is 460 g/mol. The molecule has 0 unspecified atom stereocenters. The summed E-state index contributed by atoms with van der Waals surface area (Å²) < 4.78 is 0. The smallest absolute Gasteiger partial charge is 0.0716 e. The van der Waals surface area contributed by atoms with Gasteiger partial charge < -0.3 is 0 Å². The number of benzene rings is 6. The maximum atomic E-state index is 5.07. The minimum Gasteiger partial charge on any atom is -0.248 e. The molecule has 0 bridgehead atoms. The topological polar surface area (TPSA) is 25.8 Å². The Bertz CT molecular complexity index is 2040. The highest BCUT2D eigenvalue weighted by Gasteiger charge is 2.16. The van der Waals surface area contributed by atoms with Crippen LogP contribution in [0.5, 0.6) is 0 Å². The van der Waals surface area contributed by atoms with Crippen molar-refractivity contribution in [2.45, 2.75) is 0 Å². The van der Waals surface area contributed by atoms with E-state index in [9.17, 15) is 0 Å². The molecule has 0 N–H and O–H groups in total. The first-order chi connectivity index (χ1) is 18.8. The van der Waals surface area contributed by atoms with E-state index in [0.717, 1.165) is 44.3 Å². The van der Waals surface area contributed by atoms with Gasteiger partial charge in [0.15, 0.2) is 0 Å². The fourth-order valence-corrected chi connectivity index (χ4v) is 5.84. The first-order valence-corrected chi connectivity index (χ1v) is 12.9. The van der Waals surface area contributed by atoms with E-state index in [1.165, 1.54) is 32.3 Å². The van der Waals surface area contributed by atoms with Crippen LogP contribution in [0.3, 0.4) is 0 Å². The van der Waals surface area contributed by atoms with E-state index in [1.54, 1.807) is 0 Å². The van der Waals surface area contributed by atoms with E-state index in [1.807, 2.05) is 12.1 Å². The minimum absolute atomic E-state index is 0.986. The Labute approximate surface area is 219 Å². The summed E-state index contributed by atoms with van der Waals surface area (Å²) in [5.74, 6) is 0. The number of pyridine rings is 2. The van der Waals surface area contributed by atoms with Crippen molar-refractivity contribution in [3.63, 3.8) is 0 Å². The number of rotatable bonds is 2. The van der Waals surface area contributed by atoms with Crippen LogP contribution in [0.4, 0.5) is 0 Å². The van der Waals surface area contributed by atoms with Crippen LogP contribution in [0.2, 0.25) is 0 Å². The zero-order valence-corrected chi connectivity index (χ0v) is 20.6. The molecule has 2 heteroatoms. The standard InChI is InChI=1S/C36H22N2/c1-7-15-32-23(9-1)17-19-34(37-32)30-21-25-22-31(35-20-18-24-10-2-8-16-33(24)38-35)27-12-4-6-14-29(27)36(25)28-13-5-3-11-26(28)30/h1-22H. The Balaban J connectivity index is 1.48. The lowest BCUT2D eigenvalue weighted by Crippen LogP contribution is -1.92. The highest BCUT2D eigenvalue weighted by atomic mass is 14.7. The summed E-state index contributed by atoms with van der Waals surface area (Å²) in [5.41, 5.74) is 6.28. The van der Waals surface area contributed by atoms with Crippen molar-refractivity contribution in [1.29, 1.82) is 0 Å². The molecule has 0 aliphatic rings. The monoisotopic (exact) mass is 482 g/mol.